The summed E-state index contributed by atoms with van der Waals surface area (Å²) in [6, 6.07) is 2.32. The maximum Gasteiger partial charge on any atom is 0.220 e. The monoisotopic (exact) mass is 378 g/mol. The van der Waals surface area contributed by atoms with Crippen LogP contribution in [0.5, 0.6) is 0 Å². The largest absolute Gasteiger partial charge is 0.356 e. The highest BCUT2D eigenvalue weighted by Crippen LogP contribution is 2.66. The van der Waals surface area contributed by atoms with E-state index >= 15 is 0 Å². The number of hydrogen-bond donors (Lipinski definition) is 1. The summed E-state index contributed by atoms with van der Waals surface area (Å²) in [6.07, 6.45) is 14.8. The number of aromatic nitrogens is 1. The van der Waals surface area contributed by atoms with Gasteiger partial charge in [0, 0.05) is 25.4 Å². The predicted octanol–water partition coefficient (Wildman–Crippen LogP) is 5.15. The molecule has 0 bridgehead atoms. The lowest BCUT2D eigenvalue weighted by molar-refractivity contribution is -0.121. The van der Waals surface area contributed by atoms with Crippen molar-refractivity contribution < 1.29 is 4.79 Å². The van der Waals surface area contributed by atoms with Gasteiger partial charge >= 0.3 is 0 Å². The average molecular weight is 379 g/mol. The van der Waals surface area contributed by atoms with E-state index in [-0.39, 0.29) is 5.91 Å². The zero-order valence-electron chi connectivity index (χ0n) is 17.6. The molecule has 3 nitrogen and oxygen atoms in total. The molecule has 1 aromatic rings. The van der Waals surface area contributed by atoms with Crippen molar-refractivity contribution in [3.05, 3.63) is 35.7 Å². The summed E-state index contributed by atoms with van der Waals surface area (Å²) in [4.78, 5) is 16.5. The lowest BCUT2D eigenvalue weighted by Crippen LogP contribution is -2.52. The van der Waals surface area contributed by atoms with Crippen LogP contribution < -0.4 is 5.32 Å². The van der Waals surface area contributed by atoms with Crippen molar-refractivity contribution >= 4 is 11.5 Å². The molecule has 2 saturated carbocycles. The third kappa shape index (κ3) is 2.61. The summed E-state index contributed by atoms with van der Waals surface area (Å²) in [6.45, 7) is 8.10. The lowest BCUT2D eigenvalue weighted by atomic mass is 9.46. The number of allylic oxidation sites excluding steroid dienone is 2. The number of nitrogens with zero attached hydrogens (tertiary/aromatic N) is 1. The van der Waals surface area contributed by atoms with E-state index in [0.29, 0.717) is 16.7 Å². The molecule has 150 valence electrons. The Balaban J connectivity index is 1.45. The summed E-state index contributed by atoms with van der Waals surface area (Å²) in [7, 11) is 0. The van der Waals surface area contributed by atoms with Gasteiger partial charge in [-0.3, -0.25) is 9.78 Å². The first-order valence-corrected chi connectivity index (χ1v) is 11.3. The van der Waals surface area contributed by atoms with Crippen molar-refractivity contribution in [1.82, 2.24) is 10.3 Å². The summed E-state index contributed by atoms with van der Waals surface area (Å²) in [5.74, 6) is 3.27. The molecule has 1 aliphatic heterocycles. The molecule has 3 heteroatoms. The highest BCUT2D eigenvalue weighted by Gasteiger charge is 2.58. The van der Waals surface area contributed by atoms with Crippen molar-refractivity contribution in [2.75, 3.05) is 6.54 Å². The number of nitrogens with one attached hydrogen (secondary N) is 1. The van der Waals surface area contributed by atoms with E-state index in [1.54, 1.807) is 5.57 Å². The molecule has 3 fully saturated rings. The molecule has 28 heavy (non-hydrogen) atoms. The Morgan fingerprint density at radius 2 is 1.96 bits per heavy atom. The van der Waals surface area contributed by atoms with Crippen LogP contribution in [0.15, 0.2) is 24.5 Å². The number of amides is 1. The van der Waals surface area contributed by atoms with Gasteiger partial charge in [0.25, 0.3) is 0 Å². The molecular weight excluding hydrogens is 344 g/mol. The predicted molar refractivity (Wildman–Crippen MR) is 112 cm³/mol. The number of rotatable bonds is 1. The molecule has 1 amide bonds. The number of carbonyl (C=O) groups is 1. The third-order valence-corrected chi connectivity index (χ3v) is 9.27. The fourth-order valence-corrected chi connectivity index (χ4v) is 7.69. The molecule has 1 saturated heterocycles. The number of fused-ring (bicyclic) bond motifs is 5. The van der Waals surface area contributed by atoms with Crippen LogP contribution in [0.2, 0.25) is 0 Å². The molecule has 0 aromatic carbocycles. The summed E-state index contributed by atoms with van der Waals surface area (Å²) in [5.41, 5.74) is 4.77. The van der Waals surface area contributed by atoms with Gasteiger partial charge in [-0.1, -0.05) is 19.9 Å². The van der Waals surface area contributed by atoms with E-state index in [1.807, 2.05) is 6.20 Å². The smallest absolute Gasteiger partial charge is 0.220 e. The minimum absolute atomic E-state index is 0.268. The van der Waals surface area contributed by atoms with Gasteiger partial charge < -0.3 is 5.32 Å². The van der Waals surface area contributed by atoms with Crippen molar-refractivity contribution in [2.24, 2.45) is 34.5 Å². The van der Waals surface area contributed by atoms with Gasteiger partial charge in [0.2, 0.25) is 5.91 Å². The van der Waals surface area contributed by atoms with Crippen LogP contribution in [0.1, 0.15) is 69.9 Å². The van der Waals surface area contributed by atoms with Crippen molar-refractivity contribution in [3.8, 4) is 0 Å². The molecular formula is C25H34N2O. The number of carbonyl (C=O) groups excluding carboxylic acids is 1. The summed E-state index contributed by atoms with van der Waals surface area (Å²) < 4.78 is 0. The normalized spacial score (nSPS) is 42.5. The molecule has 0 spiro atoms. The average Bonchev–Trinajstić information content (AvgIpc) is 2.95. The van der Waals surface area contributed by atoms with Crippen molar-refractivity contribution in [1.29, 1.82) is 0 Å². The fourth-order valence-electron chi connectivity index (χ4n) is 7.69. The Morgan fingerprint density at radius 1 is 1.11 bits per heavy atom. The van der Waals surface area contributed by atoms with E-state index in [4.69, 9.17) is 0 Å². The quantitative estimate of drug-likeness (QED) is 0.734. The standard InChI is InChI=1S/C25H34N2O/c1-16-12-17(14-26-13-16)20-6-7-21-19-5-4-18-15-27-23(28)9-11-24(18,2)22(19)8-10-25(20,21)3/h6,12-14,18-19,21-22H,4-5,7-11,15H2,1-3H3,(H,27,28). The van der Waals surface area contributed by atoms with Gasteiger partial charge in [0.05, 0.1) is 0 Å². The van der Waals surface area contributed by atoms with Crippen LogP contribution in [0.3, 0.4) is 0 Å². The molecule has 0 radical (unpaired) electrons. The second kappa shape index (κ2) is 6.43. The molecule has 1 N–H and O–H groups in total. The lowest BCUT2D eigenvalue weighted by Gasteiger charge is -2.58. The van der Waals surface area contributed by atoms with E-state index in [0.717, 1.165) is 37.1 Å². The topological polar surface area (TPSA) is 42.0 Å². The minimum atomic E-state index is 0.268. The molecule has 2 heterocycles. The molecule has 3 aliphatic carbocycles. The van der Waals surface area contributed by atoms with E-state index in [9.17, 15) is 4.79 Å². The van der Waals surface area contributed by atoms with E-state index in [1.165, 1.54) is 43.2 Å². The first kappa shape index (κ1) is 18.4. The Hall–Kier alpha value is -1.64. The van der Waals surface area contributed by atoms with Crippen LogP contribution in [0.4, 0.5) is 0 Å². The zero-order chi connectivity index (χ0) is 19.5. The molecule has 6 atom stereocenters. The van der Waals surface area contributed by atoms with Crippen molar-refractivity contribution in [3.63, 3.8) is 0 Å². The first-order valence-electron chi connectivity index (χ1n) is 11.3. The Kier molecular flexibility index (Phi) is 4.23. The summed E-state index contributed by atoms with van der Waals surface area (Å²) >= 11 is 0. The maximum absolute atomic E-state index is 12.1. The van der Waals surface area contributed by atoms with E-state index in [2.05, 4.69) is 49.4 Å². The van der Waals surface area contributed by atoms with Gasteiger partial charge in [-0.05, 0) is 103 Å². The minimum Gasteiger partial charge on any atom is -0.356 e. The van der Waals surface area contributed by atoms with Crippen LogP contribution in [-0.4, -0.2) is 17.4 Å². The molecule has 4 aliphatic rings. The van der Waals surface area contributed by atoms with Gasteiger partial charge in [-0.2, -0.15) is 0 Å². The number of hydrogen-bond acceptors (Lipinski definition) is 2. The Labute approximate surface area is 169 Å². The highest BCUT2D eigenvalue weighted by atomic mass is 16.1. The molecule has 5 rings (SSSR count). The number of pyridine rings is 1. The van der Waals surface area contributed by atoms with Gasteiger partial charge in [0.15, 0.2) is 0 Å². The highest BCUT2D eigenvalue weighted by molar-refractivity contribution is 5.76. The van der Waals surface area contributed by atoms with Gasteiger partial charge in [-0.25, -0.2) is 0 Å². The SMILES string of the molecule is Cc1cncc(C2=CCC3C4CCC5CNC(=O)CCC5(C)C4CCC23C)c1. The van der Waals surface area contributed by atoms with Gasteiger partial charge in [0.1, 0.15) is 0 Å². The van der Waals surface area contributed by atoms with Crippen molar-refractivity contribution in [2.45, 2.75) is 65.7 Å². The molecule has 1 aromatic heterocycles. The first-order chi connectivity index (χ1) is 13.4. The Bertz CT molecular complexity index is 830. The zero-order valence-corrected chi connectivity index (χ0v) is 17.6. The van der Waals surface area contributed by atoms with Crippen LogP contribution in [0, 0.1) is 41.4 Å². The van der Waals surface area contributed by atoms with E-state index < -0.39 is 0 Å². The van der Waals surface area contributed by atoms with Crippen LogP contribution in [0.25, 0.3) is 5.57 Å². The maximum atomic E-state index is 12.1. The summed E-state index contributed by atoms with van der Waals surface area (Å²) in [5, 5.41) is 3.20. The fraction of sp³-hybridized carbons (Fsp3) is 0.680. The third-order valence-electron chi connectivity index (χ3n) is 9.27. The second-order valence-electron chi connectivity index (χ2n) is 10.5. The van der Waals surface area contributed by atoms with Crippen LogP contribution >= 0.6 is 0 Å². The second-order valence-corrected chi connectivity index (χ2v) is 10.5. The molecule has 6 unspecified atom stereocenters. The van der Waals surface area contributed by atoms with Crippen LogP contribution in [-0.2, 0) is 4.79 Å². The van der Waals surface area contributed by atoms with Gasteiger partial charge in [-0.15, -0.1) is 0 Å². The number of aryl methyl sites for hydroxylation is 1. The Morgan fingerprint density at radius 3 is 2.79 bits per heavy atom.